The largest absolute Gasteiger partial charge is 0.251 e. The molecule has 0 bridgehead atoms. The van der Waals surface area contributed by atoms with Crippen molar-refractivity contribution in [1.82, 2.24) is 5.17 Å². The maximum atomic E-state index is 4.91. The van der Waals surface area contributed by atoms with Crippen molar-refractivity contribution in [3.05, 3.63) is 0 Å². The third-order valence-electron chi connectivity index (χ3n) is 0.779. The molecular formula is C4H8N2O. The van der Waals surface area contributed by atoms with Crippen molar-refractivity contribution in [2.75, 3.05) is 13.2 Å². The normalized spacial score (nSPS) is 18.7. The highest BCUT2D eigenvalue weighted by Crippen LogP contribution is 1.93. The number of hydrogen-bond acceptors (Lipinski definition) is 3. The Morgan fingerprint density at radius 3 is 3.14 bits per heavy atom. The van der Waals surface area contributed by atoms with Gasteiger partial charge in [0.15, 0.2) is 0 Å². The Morgan fingerprint density at radius 1 is 2.00 bits per heavy atom. The Labute approximate surface area is 42.5 Å². The fourth-order valence-corrected chi connectivity index (χ4v) is 0.450. The second-order valence-corrected chi connectivity index (χ2v) is 1.26. The zero-order chi connectivity index (χ0) is 5.11. The Bertz CT molecular complexity index is 81.8. The van der Waals surface area contributed by atoms with Crippen molar-refractivity contribution in [1.29, 1.82) is 0 Å². The molecule has 0 aliphatic carbocycles. The zero-order valence-electron chi connectivity index (χ0n) is 4.29. The summed E-state index contributed by atoms with van der Waals surface area (Å²) in [5.41, 5.74) is 0. The maximum absolute atomic E-state index is 4.91. The summed E-state index contributed by atoms with van der Waals surface area (Å²) < 4.78 is 0. The van der Waals surface area contributed by atoms with Gasteiger partial charge in [0.1, 0.15) is 6.61 Å². The molecule has 1 heterocycles. The van der Waals surface area contributed by atoms with E-state index in [1.165, 1.54) is 0 Å². The van der Waals surface area contributed by atoms with E-state index in [0.29, 0.717) is 6.61 Å². The van der Waals surface area contributed by atoms with Gasteiger partial charge in [-0.2, -0.15) is 10.3 Å². The van der Waals surface area contributed by atoms with Crippen LogP contribution in [0.3, 0.4) is 0 Å². The van der Waals surface area contributed by atoms with Gasteiger partial charge in [0.2, 0.25) is 0 Å². The Morgan fingerprint density at radius 2 is 2.86 bits per heavy atom. The van der Waals surface area contributed by atoms with Gasteiger partial charge in [-0.3, -0.25) is 4.84 Å². The molecule has 0 aromatic carbocycles. The molecule has 7 heavy (non-hydrogen) atoms. The molecule has 40 valence electrons. The average molecular weight is 100 g/mol. The molecule has 3 heteroatoms. The smallest absolute Gasteiger partial charge is 0.114 e. The van der Waals surface area contributed by atoms with E-state index in [0.717, 1.165) is 6.54 Å². The van der Waals surface area contributed by atoms with Crippen molar-refractivity contribution in [3.8, 4) is 0 Å². The van der Waals surface area contributed by atoms with Gasteiger partial charge in [0.25, 0.3) is 0 Å². The number of hydrogen-bond donors (Lipinski definition) is 0. The van der Waals surface area contributed by atoms with Gasteiger partial charge < -0.3 is 0 Å². The molecule has 0 radical (unpaired) electrons. The number of hydroxylamine groups is 1. The fourth-order valence-electron chi connectivity index (χ4n) is 0.450. The molecule has 0 saturated heterocycles. The van der Waals surface area contributed by atoms with Crippen molar-refractivity contribution >= 4 is 6.21 Å². The van der Waals surface area contributed by atoms with E-state index in [9.17, 15) is 0 Å². The van der Waals surface area contributed by atoms with Crippen LogP contribution in [0.15, 0.2) is 5.10 Å². The van der Waals surface area contributed by atoms with Gasteiger partial charge in [-0.05, 0) is 6.92 Å². The van der Waals surface area contributed by atoms with Crippen LogP contribution in [-0.2, 0) is 4.84 Å². The Hall–Kier alpha value is -0.570. The second-order valence-electron chi connectivity index (χ2n) is 1.26. The molecule has 0 aromatic rings. The minimum Gasteiger partial charge on any atom is -0.251 e. The lowest BCUT2D eigenvalue weighted by Crippen LogP contribution is -2.10. The number of rotatable bonds is 1. The van der Waals surface area contributed by atoms with Crippen molar-refractivity contribution in [2.24, 2.45) is 5.10 Å². The number of hydrazone groups is 1. The van der Waals surface area contributed by atoms with E-state index in [1.54, 1.807) is 11.4 Å². The summed E-state index contributed by atoms with van der Waals surface area (Å²) in [6.07, 6.45) is 1.74. The predicted molar refractivity (Wildman–Crippen MR) is 26.8 cm³/mol. The highest BCUT2D eigenvalue weighted by Gasteiger charge is 1.99. The number of nitrogens with zero attached hydrogens (tertiary/aromatic N) is 2. The molecule has 1 aliphatic heterocycles. The first-order valence-electron chi connectivity index (χ1n) is 2.36. The van der Waals surface area contributed by atoms with E-state index < -0.39 is 0 Å². The van der Waals surface area contributed by atoms with Gasteiger partial charge in [0.05, 0.1) is 12.8 Å². The van der Waals surface area contributed by atoms with Gasteiger partial charge in [-0.25, -0.2) is 0 Å². The fraction of sp³-hybridized carbons (Fsp3) is 0.750. The summed E-state index contributed by atoms with van der Waals surface area (Å²) in [5, 5.41) is 5.40. The SMILES string of the molecule is CCN1N=CCO1. The van der Waals surface area contributed by atoms with Crippen molar-refractivity contribution in [3.63, 3.8) is 0 Å². The average Bonchev–Trinajstić information content (AvgIpc) is 2.14. The van der Waals surface area contributed by atoms with E-state index >= 15 is 0 Å². The quantitative estimate of drug-likeness (QED) is 0.471. The van der Waals surface area contributed by atoms with Crippen LogP contribution in [0.25, 0.3) is 0 Å². The Kier molecular flexibility index (Phi) is 1.26. The summed E-state index contributed by atoms with van der Waals surface area (Å²) in [7, 11) is 0. The van der Waals surface area contributed by atoms with E-state index in [2.05, 4.69) is 5.10 Å². The molecule has 0 aromatic heterocycles. The lowest BCUT2D eigenvalue weighted by Gasteiger charge is -2.06. The zero-order valence-corrected chi connectivity index (χ0v) is 4.29. The maximum Gasteiger partial charge on any atom is 0.114 e. The first kappa shape index (κ1) is 4.59. The molecule has 1 rings (SSSR count). The molecule has 0 amide bonds. The highest BCUT2D eigenvalue weighted by molar-refractivity contribution is 5.58. The first-order valence-corrected chi connectivity index (χ1v) is 2.36. The molecule has 0 saturated carbocycles. The summed E-state index contributed by atoms with van der Waals surface area (Å²) in [5.74, 6) is 0. The van der Waals surface area contributed by atoms with Crippen LogP contribution in [-0.4, -0.2) is 24.5 Å². The molecule has 1 aliphatic rings. The van der Waals surface area contributed by atoms with Crippen LogP contribution in [0, 0.1) is 0 Å². The molecular weight excluding hydrogens is 92.1 g/mol. The van der Waals surface area contributed by atoms with Crippen molar-refractivity contribution in [2.45, 2.75) is 6.92 Å². The third kappa shape index (κ3) is 0.899. The molecule has 3 nitrogen and oxygen atoms in total. The van der Waals surface area contributed by atoms with Crippen LogP contribution in [0.2, 0.25) is 0 Å². The van der Waals surface area contributed by atoms with Crippen molar-refractivity contribution < 1.29 is 4.84 Å². The topological polar surface area (TPSA) is 24.8 Å². The van der Waals surface area contributed by atoms with Crippen LogP contribution >= 0.6 is 0 Å². The molecule has 0 spiro atoms. The molecule has 0 atom stereocenters. The van der Waals surface area contributed by atoms with Gasteiger partial charge in [-0.1, -0.05) is 0 Å². The molecule has 0 fully saturated rings. The lowest BCUT2D eigenvalue weighted by atomic mass is 10.8. The molecule has 0 unspecified atom stereocenters. The summed E-state index contributed by atoms with van der Waals surface area (Å²) >= 11 is 0. The predicted octanol–water partition coefficient (Wildman–Crippen LogP) is 0.239. The van der Waals surface area contributed by atoms with Crippen LogP contribution in [0.1, 0.15) is 6.92 Å². The first-order chi connectivity index (χ1) is 3.43. The Balaban J connectivity index is 2.28. The van der Waals surface area contributed by atoms with Gasteiger partial charge in [0, 0.05) is 0 Å². The van der Waals surface area contributed by atoms with E-state index in [1.807, 2.05) is 6.92 Å². The van der Waals surface area contributed by atoms with Crippen LogP contribution < -0.4 is 0 Å². The van der Waals surface area contributed by atoms with Crippen LogP contribution in [0.4, 0.5) is 0 Å². The summed E-state index contributed by atoms with van der Waals surface area (Å²) in [6.45, 7) is 3.45. The lowest BCUT2D eigenvalue weighted by molar-refractivity contribution is -0.121. The minimum absolute atomic E-state index is 0.633. The van der Waals surface area contributed by atoms with Gasteiger partial charge in [-0.15, -0.1) is 0 Å². The second kappa shape index (κ2) is 1.93. The molecule has 0 N–H and O–H groups in total. The van der Waals surface area contributed by atoms with E-state index in [4.69, 9.17) is 4.84 Å². The van der Waals surface area contributed by atoms with Crippen LogP contribution in [0.5, 0.6) is 0 Å². The minimum atomic E-state index is 0.633. The summed E-state index contributed by atoms with van der Waals surface area (Å²) in [4.78, 5) is 4.91. The monoisotopic (exact) mass is 100 g/mol. The summed E-state index contributed by atoms with van der Waals surface area (Å²) in [6, 6.07) is 0. The van der Waals surface area contributed by atoms with E-state index in [-0.39, 0.29) is 0 Å². The third-order valence-corrected chi connectivity index (χ3v) is 0.779. The standard InChI is InChI=1S/C4H8N2O/c1-2-6-5-3-4-7-6/h3H,2,4H2,1H3. The highest BCUT2D eigenvalue weighted by atomic mass is 16.7. The van der Waals surface area contributed by atoms with Gasteiger partial charge >= 0.3 is 0 Å².